The maximum Gasteiger partial charge on any atom is 2.00 e. The van der Waals surface area contributed by atoms with Gasteiger partial charge in [-0.1, -0.05) is 50.0 Å². The first-order valence-corrected chi connectivity index (χ1v) is 11.5. The van der Waals surface area contributed by atoms with Crippen LogP contribution < -0.4 is 0 Å². The molecular formula is C21H26FeOSi+2. The van der Waals surface area contributed by atoms with Crippen molar-refractivity contribution in [2.24, 2.45) is 0 Å². The third-order valence-electron chi connectivity index (χ3n) is 3.83. The number of rotatable bonds is 4. The molecule has 2 aliphatic rings. The molecule has 2 aliphatic carbocycles. The molecule has 0 bridgehead atoms. The fraction of sp³-hybridized carbons (Fsp3) is 0.238. The number of hydrogen-bond donors (Lipinski definition) is 0. The van der Waals surface area contributed by atoms with Crippen molar-refractivity contribution in [3.05, 3.63) is 98.7 Å². The second-order valence-electron chi connectivity index (χ2n) is 6.63. The second-order valence-corrected chi connectivity index (χ2v) is 11.7. The van der Waals surface area contributed by atoms with E-state index in [0.717, 1.165) is 0 Å². The molecule has 24 heavy (non-hydrogen) atoms. The van der Waals surface area contributed by atoms with Crippen molar-refractivity contribution >= 4 is 8.07 Å². The van der Waals surface area contributed by atoms with Crippen molar-refractivity contribution in [3.8, 4) is 0 Å². The number of ether oxygens (including phenoxy) is 1. The zero-order valence-electron chi connectivity index (χ0n) is 14.8. The Balaban J connectivity index is 0.000000412. The van der Waals surface area contributed by atoms with Crippen LogP contribution >= 0.6 is 0 Å². The summed E-state index contributed by atoms with van der Waals surface area (Å²) in [5.74, 6) is 1.34. The van der Waals surface area contributed by atoms with E-state index in [2.05, 4.69) is 63.2 Å². The first kappa shape index (κ1) is 22.0. The summed E-state index contributed by atoms with van der Waals surface area (Å²) >= 11 is 0. The predicted molar refractivity (Wildman–Crippen MR) is 100 cm³/mol. The van der Waals surface area contributed by atoms with Crippen LogP contribution in [0.25, 0.3) is 0 Å². The summed E-state index contributed by atoms with van der Waals surface area (Å²) < 4.78 is 5.74. The van der Waals surface area contributed by atoms with Gasteiger partial charge in [0, 0.05) is 13.0 Å². The molecule has 0 unspecified atom stereocenters. The van der Waals surface area contributed by atoms with Crippen molar-refractivity contribution in [1.29, 1.82) is 0 Å². The van der Waals surface area contributed by atoms with Gasteiger partial charge in [-0.15, -0.1) is 0 Å². The molecule has 0 aliphatic heterocycles. The number of methoxy groups -OCH3 is 1. The Hall–Kier alpha value is -0.0836. The standard InChI is InChI=1S/C16H21OSi.C5H5.Fe/c1-17-16(13-9-6-5-7-10-13)14-11-8-12-15(14)18(2,3)4;1-2-4-5-3-1;/h5-12,16H,1-4H3;1-5H;/q;;+2/t16-;;/m1../s1. The topological polar surface area (TPSA) is 9.23 Å². The summed E-state index contributed by atoms with van der Waals surface area (Å²) in [5, 5.41) is 0. The first-order chi connectivity index (χ1) is 11.0. The summed E-state index contributed by atoms with van der Waals surface area (Å²) in [6.07, 6.45) is 16.7. The summed E-state index contributed by atoms with van der Waals surface area (Å²) in [6, 6.07) is 10.4. The van der Waals surface area contributed by atoms with E-state index in [1.165, 1.54) is 17.0 Å². The van der Waals surface area contributed by atoms with Crippen LogP contribution in [0.4, 0.5) is 0 Å². The molecule has 0 amide bonds. The monoisotopic (exact) mass is 378 g/mol. The van der Waals surface area contributed by atoms with Crippen LogP contribution in [0.2, 0.25) is 19.6 Å². The van der Waals surface area contributed by atoms with Crippen LogP contribution in [0, 0.1) is 62.8 Å². The van der Waals surface area contributed by atoms with Crippen LogP contribution in [0.1, 0.15) is 11.7 Å². The number of benzene rings is 1. The van der Waals surface area contributed by atoms with E-state index in [1.54, 1.807) is 7.11 Å². The van der Waals surface area contributed by atoms with Crippen molar-refractivity contribution in [1.82, 2.24) is 0 Å². The van der Waals surface area contributed by atoms with Crippen LogP contribution in [-0.4, -0.2) is 15.2 Å². The van der Waals surface area contributed by atoms with Crippen molar-refractivity contribution in [3.63, 3.8) is 0 Å². The molecule has 0 saturated heterocycles. The van der Waals surface area contributed by atoms with Crippen LogP contribution in [-0.2, 0) is 21.8 Å². The smallest absolute Gasteiger partial charge is 0.376 e. The maximum absolute atomic E-state index is 5.74. The van der Waals surface area contributed by atoms with Gasteiger partial charge in [0.1, 0.15) is 0 Å². The van der Waals surface area contributed by atoms with Gasteiger partial charge in [0.15, 0.2) is 0 Å². The fourth-order valence-electron chi connectivity index (χ4n) is 2.74. The Morgan fingerprint density at radius 3 is 1.79 bits per heavy atom. The van der Waals surface area contributed by atoms with Gasteiger partial charge in [-0.05, 0) is 62.5 Å². The normalized spacial score (nSPS) is 20.2. The minimum atomic E-state index is -1.32. The van der Waals surface area contributed by atoms with E-state index < -0.39 is 8.07 Å². The van der Waals surface area contributed by atoms with Gasteiger partial charge in [0.2, 0.25) is 0 Å². The van der Waals surface area contributed by atoms with Crippen molar-refractivity contribution in [2.45, 2.75) is 25.7 Å². The quantitative estimate of drug-likeness (QED) is 0.667. The van der Waals surface area contributed by atoms with Gasteiger partial charge in [0.05, 0.1) is 14.2 Å². The van der Waals surface area contributed by atoms with Crippen molar-refractivity contribution in [2.75, 3.05) is 7.11 Å². The molecule has 0 N–H and O–H groups in total. The molecule has 1 aromatic carbocycles. The molecule has 2 fully saturated rings. The Morgan fingerprint density at radius 1 is 0.792 bits per heavy atom. The van der Waals surface area contributed by atoms with Gasteiger partial charge in [0.25, 0.3) is 0 Å². The summed E-state index contributed by atoms with van der Waals surface area (Å²) in [5.41, 5.74) is 2.73. The van der Waals surface area contributed by atoms with E-state index in [0.29, 0.717) is 0 Å². The van der Waals surface area contributed by atoms with Gasteiger partial charge in [-0.2, -0.15) is 0 Å². The minimum Gasteiger partial charge on any atom is -0.376 e. The molecule has 0 spiro atoms. The molecule has 2 saturated carbocycles. The SMILES string of the molecule is CO[C@@H]([C]1[CH][CH][CH][C]1[Si](C)(C)C)c1ccccc1.[CH]1[CH][CH][CH][CH]1.[Fe+2]. The van der Waals surface area contributed by atoms with E-state index in [1.807, 2.05) is 38.2 Å². The summed E-state index contributed by atoms with van der Waals surface area (Å²) in [7, 11) is 0.473. The average Bonchev–Trinajstić information content (AvgIpc) is 3.23. The zero-order valence-corrected chi connectivity index (χ0v) is 16.9. The van der Waals surface area contributed by atoms with E-state index in [-0.39, 0.29) is 23.2 Å². The second kappa shape index (κ2) is 10.8. The maximum atomic E-state index is 5.74. The van der Waals surface area contributed by atoms with Crippen LogP contribution in [0.3, 0.4) is 0 Å². The fourth-order valence-corrected chi connectivity index (χ4v) is 4.41. The van der Waals surface area contributed by atoms with Gasteiger partial charge >= 0.3 is 17.1 Å². The van der Waals surface area contributed by atoms with Gasteiger partial charge in [-0.25, -0.2) is 0 Å². The third kappa shape index (κ3) is 6.33. The molecule has 10 radical (unpaired) electrons. The van der Waals surface area contributed by atoms with Gasteiger partial charge < -0.3 is 4.74 Å². The molecule has 3 rings (SSSR count). The molecule has 1 atom stereocenters. The van der Waals surface area contributed by atoms with E-state index in [9.17, 15) is 0 Å². The Labute approximate surface area is 161 Å². The van der Waals surface area contributed by atoms with E-state index >= 15 is 0 Å². The van der Waals surface area contributed by atoms with Crippen LogP contribution in [0.15, 0.2) is 30.3 Å². The Kier molecular flexibility index (Phi) is 9.89. The van der Waals surface area contributed by atoms with E-state index in [4.69, 9.17) is 4.74 Å². The van der Waals surface area contributed by atoms with Gasteiger partial charge in [-0.3, -0.25) is 0 Å². The molecule has 126 valence electrons. The summed E-state index contributed by atoms with van der Waals surface area (Å²) in [6.45, 7) is 7.14. The Morgan fingerprint density at radius 2 is 1.33 bits per heavy atom. The molecule has 3 heteroatoms. The Bertz CT molecular complexity index is 431. The first-order valence-electron chi connectivity index (χ1n) is 8.04. The summed E-state index contributed by atoms with van der Waals surface area (Å²) in [4.78, 5) is 0. The molecule has 0 aromatic heterocycles. The number of hydrogen-bond acceptors (Lipinski definition) is 1. The molecular weight excluding hydrogens is 352 g/mol. The van der Waals surface area contributed by atoms with Crippen LogP contribution in [0.5, 0.6) is 0 Å². The zero-order chi connectivity index (χ0) is 16.7. The van der Waals surface area contributed by atoms with Crippen molar-refractivity contribution < 1.29 is 21.8 Å². The molecule has 1 nitrogen and oxygen atoms in total. The largest absolute Gasteiger partial charge is 2.00 e. The minimum absolute atomic E-state index is 0. The molecule has 1 aromatic rings. The molecule has 0 heterocycles. The average molecular weight is 378 g/mol. The predicted octanol–water partition coefficient (Wildman–Crippen LogP) is 5.05. The third-order valence-corrected chi connectivity index (χ3v) is 5.91.